The van der Waals surface area contributed by atoms with E-state index in [0.717, 1.165) is 15.6 Å². The van der Waals surface area contributed by atoms with Gasteiger partial charge in [-0.15, -0.1) is 0 Å². The maximum Gasteiger partial charge on any atom is 0.263 e. The first-order valence-corrected chi connectivity index (χ1v) is 4.36. The number of aryl methyl sites for hydroxylation is 1. The van der Waals surface area contributed by atoms with Crippen molar-refractivity contribution in [2.24, 2.45) is 0 Å². The lowest BCUT2D eigenvalue weighted by molar-refractivity contribution is 0.151. The Morgan fingerprint density at radius 1 is 1.25 bits per heavy atom. The highest BCUT2D eigenvalue weighted by Crippen LogP contribution is 2.27. The topological polar surface area (TPSA) is 0 Å². The number of halogens is 3. The minimum absolute atomic E-state index is 0.0741. The van der Waals surface area contributed by atoms with Gasteiger partial charge in [0, 0.05) is 10.0 Å². The number of rotatable bonds is 1. The SMILES string of the molecule is Cc1cc(C(F)F)cc(Br)c1C. The molecule has 0 atom stereocenters. The van der Waals surface area contributed by atoms with E-state index in [1.165, 1.54) is 12.1 Å². The van der Waals surface area contributed by atoms with Gasteiger partial charge in [-0.1, -0.05) is 22.0 Å². The molecule has 3 heteroatoms. The second kappa shape index (κ2) is 3.52. The summed E-state index contributed by atoms with van der Waals surface area (Å²) < 4.78 is 25.2. The normalized spacial score (nSPS) is 10.8. The van der Waals surface area contributed by atoms with E-state index in [0.29, 0.717) is 0 Å². The molecule has 0 aromatic heterocycles. The van der Waals surface area contributed by atoms with E-state index in [1.807, 2.05) is 13.8 Å². The van der Waals surface area contributed by atoms with E-state index in [4.69, 9.17) is 0 Å². The van der Waals surface area contributed by atoms with E-state index in [2.05, 4.69) is 15.9 Å². The summed E-state index contributed by atoms with van der Waals surface area (Å²) in [5.41, 5.74) is 1.98. The maximum atomic E-state index is 12.2. The van der Waals surface area contributed by atoms with Crippen LogP contribution in [-0.4, -0.2) is 0 Å². The molecule has 0 saturated carbocycles. The molecule has 66 valence electrons. The Bertz CT molecular complexity index is 272. The zero-order valence-electron chi connectivity index (χ0n) is 6.87. The Morgan fingerprint density at radius 3 is 2.25 bits per heavy atom. The van der Waals surface area contributed by atoms with E-state index >= 15 is 0 Å². The van der Waals surface area contributed by atoms with Gasteiger partial charge in [0.15, 0.2) is 0 Å². The van der Waals surface area contributed by atoms with Crippen LogP contribution in [0, 0.1) is 13.8 Å². The molecule has 0 radical (unpaired) electrons. The fourth-order valence-corrected chi connectivity index (χ4v) is 1.55. The van der Waals surface area contributed by atoms with Crippen LogP contribution in [0.15, 0.2) is 16.6 Å². The highest BCUT2D eigenvalue weighted by atomic mass is 79.9. The van der Waals surface area contributed by atoms with Crippen LogP contribution in [0.25, 0.3) is 0 Å². The van der Waals surface area contributed by atoms with Crippen LogP contribution < -0.4 is 0 Å². The first kappa shape index (κ1) is 9.65. The quantitative estimate of drug-likeness (QED) is 0.689. The summed E-state index contributed by atoms with van der Waals surface area (Å²) >= 11 is 3.23. The van der Waals surface area contributed by atoms with Crippen molar-refractivity contribution >= 4 is 15.9 Å². The van der Waals surface area contributed by atoms with Crippen molar-refractivity contribution < 1.29 is 8.78 Å². The Hall–Kier alpha value is -0.440. The van der Waals surface area contributed by atoms with Gasteiger partial charge in [-0.25, -0.2) is 8.78 Å². The standard InChI is InChI=1S/C9H9BrF2/c1-5-3-7(9(11)12)4-8(10)6(5)2/h3-4,9H,1-2H3. The average molecular weight is 235 g/mol. The molecule has 0 heterocycles. The summed E-state index contributed by atoms with van der Waals surface area (Å²) in [7, 11) is 0. The third-order valence-corrected chi connectivity index (χ3v) is 2.70. The van der Waals surface area contributed by atoms with Gasteiger partial charge in [0.1, 0.15) is 0 Å². The second-order valence-electron chi connectivity index (χ2n) is 2.75. The van der Waals surface area contributed by atoms with Crippen molar-refractivity contribution in [1.82, 2.24) is 0 Å². The molecule has 0 nitrogen and oxygen atoms in total. The molecule has 1 aromatic carbocycles. The Labute approximate surface area is 78.7 Å². The van der Waals surface area contributed by atoms with Crippen LogP contribution in [0.4, 0.5) is 8.78 Å². The molecule has 0 fully saturated rings. The Balaban J connectivity index is 3.21. The van der Waals surface area contributed by atoms with Crippen LogP contribution >= 0.6 is 15.9 Å². The zero-order chi connectivity index (χ0) is 9.30. The van der Waals surface area contributed by atoms with Crippen LogP contribution in [0.2, 0.25) is 0 Å². The fraction of sp³-hybridized carbons (Fsp3) is 0.333. The lowest BCUT2D eigenvalue weighted by Crippen LogP contribution is -1.89. The first-order chi connectivity index (χ1) is 5.52. The molecule has 0 aliphatic rings. The molecule has 1 aromatic rings. The third-order valence-electron chi connectivity index (χ3n) is 1.88. The predicted octanol–water partition coefficient (Wildman–Crippen LogP) is 4.00. The van der Waals surface area contributed by atoms with Gasteiger partial charge in [-0.05, 0) is 31.0 Å². The van der Waals surface area contributed by atoms with Gasteiger partial charge >= 0.3 is 0 Å². The summed E-state index contributed by atoms with van der Waals surface area (Å²) in [6, 6.07) is 2.98. The molecule has 0 spiro atoms. The van der Waals surface area contributed by atoms with E-state index in [9.17, 15) is 8.78 Å². The van der Waals surface area contributed by atoms with E-state index in [-0.39, 0.29) is 5.56 Å². The Morgan fingerprint density at radius 2 is 1.83 bits per heavy atom. The minimum atomic E-state index is -2.39. The van der Waals surface area contributed by atoms with Crippen molar-refractivity contribution in [2.45, 2.75) is 20.3 Å². The molecular formula is C9H9BrF2. The van der Waals surface area contributed by atoms with Crippen LogP contribution in [0.5, 0.6) is 0 Å². The summed E-state index contributed by atoms with van der Waals surface area (Å²) in [5, 5.41) is 0. The smallest absolute Gasteiger partial charge is 0.205 e. The molecule has 0 unspecified atom stereocenters. The lowest BCUT2D eigenvalue weighted by atomic mass is 10.1. The van der Waals surface area contributed by atoms with Crippen molar-refractivity contribution in [3.8, 4) is 0 Å². The monoisotopic (exact) mass is 234 g/mol. The third kappa shape index (κ3) is 1.83. The highest BCUT2D eigenvalue weighted by molar-refractivity contribution is 9.10. The largest absolute Gasteiger partial charge is 0.263 e. The maximum absolute atomic E-state index is 12.2. The van der Waals surface area contributed by atoms with Crippen LogP contribution in [0.1, 0.15) is 23.1 Å². The highest BCUT2D eigenvalue weighted by Gasteiger charge is 2.09. The van der Waals surface area contributed by atoms with Gasteiger partial charge in [0.05, 0.1) is 0 Å². The number of hydrogen-bond donors (Lipinski definition) is 0. The van der Waals surface area contributed by atoms with Gasteiger partial charge in [0.25, 0.3) is 6.43 Å². The first-order valence-electron chi connectivity index (χ1n) is 3.57. The molecule has 1 rings (SSSR count). The Kier molecular flexibility index (Phi) is 2.83. The molecule has 0 bridgehead atoms. The van der Waals surface area contributed by atoms with Gasteiger partial charge in [-0.3, -0.25) is 0 Å². The fourth-order valence-electron chi connectivity index (χ4n) is 0.969. The summed E-state index contributed by atoms with van der Waals surface area (Å²) in [6.07, 6.45) is -2.39. The van der Waals surface area contributed by atoms with E-state index in [1.54, 1.807) is 0 Å². The van der Waals surface area contributed by atoms with Crippen molar-refractivity contribution in [1.29, 1.82) is 0 Å². The molecule has 0 amide bonds. The lowest BCUT2D eigenvalue weighted by Gasteiger charge is -2.06. The van der Waals surface area contributed by atoms with Gasteiger partial charge in [0.2, 0.25) is 0 Å². The second-order valence-corrected chi connectivity index (χ2v) is 3.60. The summed E-state index contributed by atoms with van der Waals surface area (Å²) in [6.45, 7) is 3.72. The predicted molar refractivity (Wildman–Crippen MR) is 48.6 cm³/mol. The average Bonchev–Trinajstić information content (AvgIpc) is 1.99. The summed E-state index contributed by atoms with van der Waals surface area (Å²) in [4.78, 5) is 0. The molecule has 12 heavy (non-hydrogen) atoms. The number of hydrogen-bond acceptors (Lipinski definition) is 0. The zero-order valence-corrected chi connectivity index (χ0v) is 8.45. The van der Waals surface area contributed by atoms with Crippen LogP contribution in [0.3, 0.4) is 0 Å². The molecule has 0 aliphatic heterocycles. The van der Waals surface area contributed by atoms with Gasteiger partial charge in [-0.2, -0.15) is 0 Å². The molecular weight excluding hydrogens is 226 g/mol. The number of alkyl halides is 2. The van der Waals surface area contributed by atoms with Gasteiger partial charge < -0.3 is 0 Å². The number of benzene rings is 1. The molecule has 0 N–H and O–H groups in total. The molecule has 0 saturated heterocycles. The van der Waals surface area contributed by atoms with Crippen molar-refractivity contribution in [3.63, 3.8) is 0 Å². The van der Waals surface area contributed by atoms with E-state index < -0.39 is 6.43 Å². The van der Waals surface area contributed by atoms with Crippen LogP contribution in [-0.2, 0) is 0 Å². The summed E-state index contributed by atoms with van der Waals surface area (Å²) in [5.74, 6) is 0. The van der Waals surface area contributed by atoms with Crippen molar-refractivity contribution in [3.05, 3.63) is 33.3 Å². The minimum Gasteiger partial charge on any atom is -0.205 e. The molecule has 0 aliphatic carbocycles. The van der Waals surface area contributed by atoms with Crippen molar-refractivity contribution in [2.75, 3.05) is 0 Å².